The van der Waals surface area contributed by atoms with Gasteiger partial charge in [-0.15, -0.1) is 0 Å². The maximum atomic E-state index is 11.6. The summed E-state index contributed by atoms with van der Waals surface area (Å²) in [6.45, 7) is 13.9. The van der Waals surface area contributed by atoms with Gasteiger partial charge in [0, 0.05) is 62.3 Å². The molecule has 0 aliphatic carbocycles. The molecule has 6 aromatic rings. The van der Waals surface area contributed by atoms with Crippen LogP contribution in [-0.2, 0) is 103 Å². The second kappa shape index (κ2) is 51.3. The predicted molar refractivity (Wildman–Crippen MR) is 378 cm³/mol. The van der Waals surface area contributed by atoms with E-state index in [9.17, 15) is 88.2 Å². The number of carboxylic acid groups (broad SMARTS) is 6. The number of carbonyl (C=O) groups excluding carboxylic acids is 12. The van der Waals surface area contributed by atoms with Crippen LogP contribution < -0.4 is 74.5 Å². The maximum absolute atomic E-state index is 11.6. The van der Waals surface area contributed by atoms with Crippen molar-refractivity contribution in [2.45, 2.75) is 150 Å². The topological polar surface area (TPSA) is 583 Å². The summed E-state index contributed by atoms with van der Waals surface area (Å²) in [4.78, 5) is 144. The van der Waals surface area contributed by atoms with E-state index in [-0.39, 0.29) is 68.8 Å². The Morgan fingerprint density at radius 3 is 1.00 bits per heavy atom. The fourth-order valence-electron chi connectivity index (χ4n) is 8.38. The summed E-state index contributed by atoms with van der Waals surface area (Å²) in [6, 6.07) is 36.8. The van der Waals surface area contributed by atoms with Crippen molar-refractivity contribution in [3.8, 4) is 11.5 Å². The van der Waals surface area contributed by atoms with Gasteiger partial charge in [-0.25, -0.2) is 0 Å². The van der Waals surface area contributed by atoms with Gasteiger partial charge in [0.25, 0.3) is 6.79 Å². The second-order valence-electron chi connectivity index (χ2n) is 24.9. The molecule has 0 bridgehead atoms. The summed E-state index contributed by atoms with van der Waals surface area (Å²) in [5.74, 6) is -7.22. The third-order valence-electron chi connectivity index (χ3n) is 14.2. The van der Waals surface area contributed by atoms with Gasteiger partial charge in [0.2, 0.25) is 11.6 Å². The summed E-state index contributed by atoms with van der Waals surface area (Å²) < 4.78 is 10.5. The molecule has 0 radical (unpaired) electrons. The first kappa shape index (κ1) is 94.1. The smallest absolute Gasteiger partial charge is 0.255 e. The fourth-order valence-corrected chi connectivity index (χ4v) is 8.38. The van der Waals surface area contributed by atoms with Gasteiger partial charge in [0.15, 0.2) is 17.3 Å². The van der Waals surface area contributed by atoms with Crippen molar-refractivity contribution in [3.63, 3.8) is 0 Å². The van der Waals surface area contributed by atoms with Crippen LogP contribution in [0.5, 0.6) is 11.5 Å². The molecule has 0 spiro atoms. The van der Waals surface area contributed by atoms with Crippen LogP contribution in [0.4, 0.5) is 0 Å². The number of hydrogen-bond acceptors (Lipinski definition) is 25. The Morgan fingerprint density at radius 1 is 0.380 bits per heavy atom. The minimum Gasteiger partial charge on any atom is -0.544 e. The van der Waals surface area contributed by atoms with E-state index in [1.807, 2.05) is 76.2 Å². The van der Waals surface area contributed by atoms with E-state index < -0.39 is 83.6 Å². The SMILES string of the molecule is CC(=O)CC(=O)c1ccc(C[C@H]([NH3+])C(=O)[O-])cc1.CC(=O)CN=Cc1ccc(C[C@H]([NH3+])C(=O)[O-])cc1.CC(=O)COc1ccc(C[C@H]([NH3+])C(=O)[O-])cc1.CC(C)=NOCOc1ccc(C[C@H]([NH3+])C(=O)[O-])cc1.CC(C)=NOCc1ccc(C[C@H]([NH3+])C(=O)[O-])cc1.CCC(=O)C(=O)c1ccc(C[C@H]([NH3+])C(=O)[O-])cc1. The first-order valence-electron chi connectivity index (χ1n) is 33.7. The van der Waals surface area contributed by atoms with Crippen molar-refractivity contribution in [2.75, 3.05) is 19.9 Å². The number of aliphatic carboxylic acids is 6. The maximum Gasteiger partial charge on any atom is 0.255 e. The highest BCUT2D eigenvalue weighted by Crippen LogP contribution is 2.16. The number of nitrogens with zero attached hydrogens (tertiary/aromatic N) is 3. The summed E-state index contributed by atoms with van der Waals surface area (Å²) in [5, 5.41) is 70.8. The molecule has 0 unspecified atom stereocenters. The van der Waals surface area contributed by atoms with Crippen LogP contribution in [-0.4, -0.2) is 144 Å². The highest BCUT2D eigenvalue weighted by molar-refractivity contribution is 6.43. The van der Waals surface area contributed by atoms with Crippen molar-refractivity contribution in [1.29, 1.82) is 0 Å². The standard InChI is InChI=1S/C13H18N2O4.C13H18N2O3.C13H16N2O3.2C13H15NO4.C12H15NO4/c1-9(2)15-19-8-18-11-5-3-10(4-6-11)7-12(14)13(16)17;1-9(2)15-18-8-11-5-3-10(4-6-11)7-12(14)13(16)17;1-9(16)7-15-8-11-4-2-10(3-5-11)6-12(14)13(17)18;1-8(15)6-12(16)10-4-2-9(3-5-10)7-11(14)13(17)18;1-2-11(15)12(16)9-5-3-8(4-6-9)7-10(14)13(17)18;1-8(14)7-17-10-4-2-9(3-5-10)6-11(13)12(15)16/h3-6,12H,7-8,14H2,1-2H3,(H,16,17);3-6,12H,7-8,14H2,1-2H3,(H,16,17);2-5,8,12H,6-7,14H2,1H3,(H,17,18);2-5,11H,6-7,14H2,1H3,(H,17,18);3-6,10H,2,7,14H2,1H3,(H,17,18);2-5,11H,6-7,13H2,1H3,(H,15,16)/t3*12-;11-;10-;11-/m000000/s1. The molecule has 0 fully saturated rings. The van der Waals surface area contributed by atoms with Gasteiger partial charge >= 0.3 is 0 Å². The largest absolute Gasteiger partial charge is 0.544 e. The average Bonchev–Trinajstić information content (AvgIpc) is 0.883. The van der Waals surface area contributed by atoms with E-state index in [1.54, 1.807) is 98.1 Å². The van der Waals surface area contributed by atoms with Crippen LogP contribution >= 0.6 is 0 Å². The Kier molecular flexibility index (Phi) is 44.8. The van der Waals surface area contributed by atoms with Gasteiger partial charge in [-0.2, -0.15) is 0 Å². The van der Waals surface area contributed by atoms with Crippen molar-refractivity contribution >= 4 is 88.2 Å². The summed E-state index contributed by atoms with van der Waals surface area (Å²) in [7, 11) is 0. The van der Waals surface area contributed by atoms with Crippen molar-refractivity contribution in [1.82, 2.24) is 0 Å². The van der Waals surface area contributed by atoms with Crippen LogP contribution in [0, 0.1) is 0 Å². The Hall–Kier alpha value is -11.9. The number of rotatable bonds is 37. The molecule has 0 aromatic heterocycles. The molecule has 0 amide bonds. The monoisotopic (exact) mass is 1500 g/mol. The first-order valence-corrected chi connectivity index (χ1v) is 33.7. The highest BCUT2D eigenvalue weighted by atomic mass is 16.7. The van der Waals surface area contributed by atoms with Gasteiger partial charge < -0.3 is 113 Å². The molecule has 0 heterocycles. The zero-order chi connectivity index (χ0) is 81.6. The third-order valence-corrected chi connectivity index (χ3v) is 14.2. The molecule has 18 N–H and O–H groups in total. The number of carbonyl (C=O) groups is 12. The lowest BCUT2D eigenvalue weighted by molar-refractivity contribution is -0.437. The van der Waals surface area contributed by atoms with Gasteiger partial charge in [0.05, 0.1) is 60.2 Å². The minimum atomic E-state index is -1.21. The number of Topliss-reactive ketones (excluding diaryl/α,β-unsaturated/α-hetero) is 6. The molecule has 0 aliphatic rings. The Balaban J connectivity index is 0.000000648. The molecular formula is C77H97N9O22. The number of ether oxygens (including phenoxy) is 2. The molecule has 0 aliphatic heterocycles. The minimum absolute atomic E-state index is 0.0109. The molecule has 6 atom stereocenters. The number of aliphatic imine (C=N–C) groups is 1. The molecular weight excluding hydrogens is 1400 g/mol. The number of oxime groups is 2. The van der Waals surface area contributed by atoms with E-state index in [4.69, 9.17) is 19.1 Å². The van der Waals surface area contributed by atoms with Gasteiger partial charge in [0.1, 0.15) is 66.7 Å². The van der Waals surface area contributed by atoms with Gasteiger partial charge in [-0.1, -0.05) is 139 Å². The lowest BCUT2D eigenvalue weighted by Crippen LogP contribution is -2.69. The Labute approximate surface area is 624 Å². The lowest BCUT2D eigenvalue weighted by Gasteiger charge is -2.10. The molecule has 0 saturated heterocycles. The van der Waals surface area contributed by atoms with E-state index in [2.05, 4.69) is 49.7 Å². The molecule has 0 saturated carbocycles. The van der Waals surface area contributed by atoms with Gasteiger partial charge in [-0.3, -0.25) is 33.8 Å². The fraction of sp³-hybridized carbons (Fsp3) is 0.338. The van der Waals surface area contributed by atoms with Crippen molar-refractivity contribution in [2.24, 2.45) is 15.3 Å². The van der Waals surface area contributed by atoms with E-state index in [0.29, 0.717) is 54.9 Å². The van der Waals surface area contributed by atoms with Crippen LogP contribution in [0.3, 0.4) is 0 Å². The van der Waals surface area contributed by atoms with Crippen LogP contribution in [0.15, 0.2) is 161 Å². The normalized spacial score (nSPS) is 11.9. The molecule has 31 heteroatoms. The number of quaternary nitrogens is 6. The van der Waals surface area contributed by atoms with E-state index in [0.717, 1.165) is 55.9 Å². The lowest BCUT2D eigenvalue weighted by atomic mass is 10.0. The molecule has 108 heavy (non-hydrogen) atoms. The number of carboxylic acids is 6. The first-order chi connectivity index (χ1) is 50.8. The van der Waals surface area contributed by atoms with Crippen molar-refractivity contribution in [3.05, 3.63) is 201 Å². The molecule has 31 nitrogen and oxygen atoms in total. The zero-order valence-electron chi connectivity index (χ0n) is 61.9. The number of benzene rings is 6. The second-order valence-corrected chi connectivity index (χ2v) is 24.9. The Morgan fingerprint density at radius 2 is 0.685 bits per heavy atom. The van der Waals surface area contributed by atoms with Gasteiger partial charge in [-0.05, 0) is 117 Å². The quantitative estimate of drug-likeness (QED) is 0.00402. The molecule has 6 aromatic carbocycles. The predicted octanol–water partition coefficient (Wildman–Crippen LogP) is -6.50. The van der Waals surface area contributed by atoms with E-state index in [1.165, 1.54) is 32.9 Å². The Bertz CT molecular complexity index is 3970. The zero-order valence-corrected chi connectivity index (χ0v) is 61.9. The van der Waals surface area contributed by atoms with Crippen LogP contribution in [0.25, 0.3) is 0 Å². The van der Waals surface area contributed by atoms with Crippen molar-refractivity contribution < 1.29 is 142 Å². The third kappa shape index (κ3) is 42.8. The van der Waals surface area contributed by atoms with Crippen LogP contribution in [0.1, 0.15) is 133 Å². The van der Waals surface area contributed by atoms with E-state index >= 15 is 0 Å². The average molecular weight is 1500 g/mol. The highest BCUT2D eigenvalue weighted by Gasteiger charge is 2.17. The summed E-state index contributed by atoms with van der Waals surface area (Å²) in [5.41, 5.74) is 30.2. The van der Waals surface area contributed by atoms with Crippen LogP contribution in [0.2, 0.25) is 0 Å². The molecule has 6 rings (SSSR count). The number of hydrogen-bond donors (Lipinski definition) is 6. The molecule has 582 valence electrons. The summed E-state index contributed by atoms with van der Waals surface area (Å²) >= 11 is 0. The summed E-state index contributed by atoms with van der Waals surface area (Å²) in [6.07, 6.45) is 3.52. The number of ketones is 6.